The average Bonchev–Trinajstić information content (AvgIpc) is 3.14. The fraction of sp³-hybridized carbons (Fsp3) is 0.294. The molecule has 1 aliphatic heterocycles. The zero-order valence-electron chi connectivity index (χ0n) is 12.6. The van der Waals surface area contributed by atoms with Crippen LogP contribution in [0.4, 0.5) is 5.82 Å². The van der Waals surface area contributed by atoms with Gasteiger partial charge in [-0.1, -0.05) is 12.0 Å². The first kappa shape index (κ1) is 15.5. The van der Waals surface area contributed by atoms with E-state index in [1.54, 1.807) is 23.6 Å². The number of carbonyl (C=O) groups is 1. The fourth-order valence-electron chi connectivity index (χ4n) is 2.44. The minimum absolute atomic E-state index is 0.0733. The SMILES string of the molecule is C#CCNC(=O)c1ccc(N2CCOC(c3cccs3)C2)nc1. The van der Waals surface area contributed by atoms with E-state index < -0.39 is 0 Å². The Morgan fingerprint density at radius 1 is 1.52 bits per heavy atom. The third-order valence-electron chi connectivity index (χ3n) is 3.61. The number of nitrogens with zero attached hydrogens (tertiary/aromatic N) is 2. The van der Waals surface area contributed by atoms with Crippen molar-refractivity contribution in [3.8, 4) is 12.3 Å². The summed E-state index contributed by atoms with van der Waals surface area (Å²) in [6.07, 6.45) is 6.79. The molecule has 0 aromatic carbocycles. The number of anilines is 1. The molecule has 5 nitrogen and oxygen atoms in total. The fourth-order valence-corrected chi connectivity index (χ4v) is 3.21. The number of terminal acetylenes is 1. The minimum atomic E-state index is -0.208. The molecule has 1 N–H and O–H groups in total. The van der Waals surface area contributed by atoms with E-state index in [2.05, 4.69) is 32.6 Å². The molecular formula is C17H17N3O2S. The van der Waals surface area contributed by atoms with Crippen LogP contribution in [0.25, 0.3) is 0 Å². The van der Waals surface area contributed by atoms with Gasteiger partial charge < -0.3 is 15.0 Å². The zero-order valence-corrected chi connectivity index (χ0v) is 13.4. The Labute approximate surface area is 139 Å². The molecule has 0 aliphatic carbocycles. The molecule has 1 unspecified atom stereocenters. The molecule has 1 atom stereocenters. The molecule has 1 fully saturated rings. The molecule has 0 bridgehead atoms. The van der Waals surface area contributed by atoms with E-state index in [9.17, 15) is 4.79 Å². The molecule has 1 aliphatic rings. The van der Waals surface area contributed by atoms with Crippen LogP contribution in [0.15, 0.2) is 35.8 Å². The second kappa shape index (κ2) is 7.27. The molecule has 2 aromatic heterocycles. The number of pyridine rings is 1. The van der Waals surface area contributed by atoms with Crippen LogP contribution in [0, 0.1) is 12.3 Å². The molecule has 1 saturated heterocycles. The lowest BCUT2D eigenvalue weighted by molar-refractivity contribution is 0.0418. The van der Waals surface area contributed by atoms with Crippen molar-refractivity contribution in [3.63, 3.8) is 0 Å². The highest BCUT2D eigenvalue weighted by Crippen LogP contribution is 2.28. The maximum atomic E-state index is 11.8. The van der Waals surface area contributed by atoms with Gasteiger partial charge in [-0.25, -0.2) is 4.98 Å². The summed E-state index contributed by atoms with van der Waals surface area (Å²) in [6, 6.07) is 7.75. The number of hydrogen-bond donors (Lipinski definition) is 1. The number of amides is 1. The lowest BCUT2D eigenvalue weighted by Crippen LogP contribution is -2.38. The van der Waals surface area contributed by atoms with Crippen molar-refractivity contribution >= 4 is 23.1 Å². The van der Waals surface area contributed by atoms with Crippen molar-refractivity contribution in [2.24, 2.45) is 0 Å². The monoisotopic (exact) mass is 327 g/mol. The number of morpholine rings is 1. The molecule has 3 heterocycles. The van der Waals surface area contributed by atoms with Gasteiger partial charge in [0, 0.05) is 17.6 Å². The Morgan fingerprint density at radius 3 is 3.13 bits per heavy atom. The van der Waals surface area contributed by atoms with Gasteiger partial charge >= 0.3 is 0 Å². The van der Waals surface area contributed by atoms with Gasteiger partial charge in [0.25, 0.3) is 5.91 Å². The van der Waals surface area contributed by atoms with Crippen LogP contribution in [0.1, 0.15) is 21.3 Å². The molecular weight excluding hydrogens is 310 g/mol. The number of ether oxygens (including phenoxy) is 1. The number of nitrogens with one attached hydrogen (secondary N) is 1. The Kier molecular flexibility index (Phi) is 4.91. The molecule has 3 rings (SSSR count). The van der Waals surface area contributed by atoms with E-state index in [0.717, 1.165) is 18.9 Å². The summed E-state index contributed by atoms with van der Waals surface area (Å²) >= 11 is 1.70. The Bertz CT molecular complexity index is 692. The van der Waals surface area contributed by atoms with Crippen molar-refractivity contribution in [1.82, 2.24) is 10.3 Å². The van der Waals surface area contributed by atoms with E-state index in [1.165, 1.54) is 4.88 Å². The predicted molar refractivity (Wildman–Crippen MR) is 90.6 cm³/mol. The standard InChI is InChI=1S/C17H17N3O2S/c1-2-7-18-17(21)13-5-6-16(19-11-13)20-8-9-22-14(12-20)15-4-3-10-23-15/h1,3-6,10-11,14H,7-9,12H2,(H,18,21). The van der Waals surface area contributed by atoms with Gasteiger partial charge in [-0.15, -0.1) is 17.8 Å². The van der Waals surface area contributed by atoms with Gasteiger partial charge in [0.05, 0.1) is 25.3 Å². The third-order valence-corrected chi connectivity index (χ3v) is 4.58. The van der Waals surface area contributed by atoms with Crippen LogP contribution in [0.3, 0.4) is 0 Å². The lowest BCUT2D eigenvalue weighted by Gasteiger charge is -2.33. The van der Waals surface area contributed by atoms with Crippen LogP contribution >= 0.6 is 11.3 Å². The summed E-state index contributed by atoms with van der Waals surface area (Å²) in [7, 11) is 0. The van der Waals surface area contributed by atoms with Crippen molar-refractivity contribution in [1.29, 1.82) is 0 Å². The van der Waals surface area contributed by atoms with Gasteiger partial charge in [-0.2, -0.15) is 0 Å². The number of aromatic nitrogens is 1. The molecule has 1 amide bonds. The second-order valence-electron chi connectivity index (χ2n) is 5.11. The van der Waals surface area contributed by atoms with Gasteiger partial charge in [0.2, 0.25) is 0 Å². The van der Waals surface area contributed by atoms with E-state index in [0.29, 0.717) is 12.2 Å². The molecule has 0 saturated carbocycles. The highest BCUT2D eigenvalue weighted by molar-refractivity contribution is 7.10. The van der Waals surface area contributed by atoms with Crippen molar-refractivity contribution in [3.05, 3.63) is 46.3 Å². The van der Waals surface area contributed by atoms with E-state index in [-0.39, 0.29) is 18.6 Å². The summed E-state index contributed by atoms with van der Waals surface area (Å²) < 4.78 is 5.84. The molecule has 0 radical (unpaired) electrons. The maximum absolute atomic E-state index is 11.8. The summed E-state index contributed by atoms with van der Waals surface area (Å²) in [5, 5.41) is 4.68. The summed E-state index contributed by atoms with van der Waals surface area (Å²) in [4.78, 5) is 19.6. The third kappa shape index (κ3) is 3.70. The highest BCUT2D eigenvalue weighted by Gasteiger charge is 2.23. The van der Waals surface area contributed by atoms with Gasteiger partial charge in [0.15, 0.2) is 0 Å². The maximum Gasteiger partial charge on any atom is 0.253 e. The smallest absolute Gasteiger partial charge is 0.253 e. The number of rotatable bonds is 4. The molecule has 23 heavy (non-hydrogen) atoms. The largest absolute Gasteiger partial charge is 0.369 e. The first-order valence-corrected chi connectivity index (χ1v) is 8.23. The van der Waals surface area contributed by atoms with E-state index in [4.69, 9.17) is 11.2 Å². The molecule has 0 spiro atoms. The van der Waals surface area contributed by atoms with Crippen molar-refractivity contribution in [2.45, 2.75) is 6.10 Å². The predicted octanol–water partition coefficient (Wildman–Crippen LogP) is 2.08. The van der Waals surface area contributed by atoms with Crippen LogP contribution in [0.5, 0.6) is 0 Å². The van der Waals surface area contributed by atoms with E-state index in [1.807, 2.05) is 12.1 Å². The number of hydrogen-bond acceptors (Lipinski definition) is 5. The van der Waals surface area contributed by atoms with Crippen LogP contribution < -0.4 is 10.2 Å². The molecule has 6 heteroatoms. The Balaban J connectivity index is 1.67. The highest BCUT2D eigenvalue weighted by atomic mass is 32.1. The Hall–Kier alpha value is -2.36. The Morgan fingerprint density at radius 2 is 2.43 bits per heavy atom. The normalized spacial score (nSPS) is 17.5. The lowest BCUT2D eigenvalue weighted by atomic mass is 10.2. The summed E-state index contributed by atoms with van der Waals surface area (Å²) in [5.74, 6) is 3.02. The van der Waals surface area contributed by atoms with Crippen LogP contribution in [0.2, 0.25) is 0 Å². The minimum Gasteiger partial charge on any atom is -0.369 e. The van der Waals surface area contributed by atoms with E-state index >= 15 is 0 Å². The van der Waals surface area contributed by atoms with Gasteiger partial charge in [-0.05, 0) is 23.6 Å². The second-order valence-corrected chi connectivity index (χ2v) is 6.09. The van der Waals surface area contributed by atoms with Crippen LogP contribution in [-0.4, -0.2) is 37.1 Å². The van der Waals surface area contributed by atoms with Crippen molar-refractivity contribution in [2.75, 3.05) is 31.1 Å². The first-order valence-electron chi connectivity index (χ1n) is 7.35. The zero-order chi connectivity index (χ0) is 16.1. The number of carbonyl (C=O) groups excluding carboxylic acids is 1. The van der Waals surface area contributed by atoms with Gasteiger partial charge in [-0.3, -0.25) is 4.79 Å². The average molecular weight is 327 g/mol. The topological polar surface area (TPSA) is 54.5 Å². The van der Waals surface area contributed by atoms with Gasteiger partial charge in [0.1, 0.15) is 11.9 Å². The number of thiophene rings is 1. The summed E-state index contributed by atoms with van der Waals surface area (Å²) in [6.45, 7) is 2.43. The first-order chi connectivity index (χ1) is 11.3. The van der Waals surface area contributed by atoms with Crippen molar-refractivity contribution < 1.29 is 9.53 Å². The quantitative estimate of drug-likeness (QED) is 0.874. The summed E-state index contributed by atoms with van der Waals surface area (Å²) in [5.41, 5.74) is 0.507. The molecule has 118 valence electrons. The molecule has 2 aromatic rings. The van der Waals surface area contributed by atoms with Crippen LogP contribution in [-0.2, 0) is 4.74 Å².